The van der Waals surface area contributed by atoms with Gasteiger partial charge in [0.15, 0.2) is 6.61 Å². The number of carbonyl (C=O) groups excluding carboxylic acids is 1. The molecule has 0 saturated carbocycles. The quantitative estimate of drug-likeness (QED) is 0.538. The van der Waals surface area contributed by atoms with Crippen LogP contribution < -0.4 is 5.32 Å². The summed E-state index contributed by atoms with van der Waals surface area (Å²) in [4.78, 5) is 20.3. The van der Waals surface area contributed by atoms with Crippen LogP contribution >= 0.6 is 0 Å². The van der Waals surface area contributed by atoms with Crippen molar-refractivity contribution in [2.45, 2.75) is 0 Å². The van der Waals surface area contributed by atoms with Gasteiger partial charge < -0.3 is 15.2 Å². The first-order valence-corrected chi connectivity index (χ1v) is 2.72. The highest BCUT2D eigenvalue weighted by atomic mass is 16.5. The van der Waals surface area contributed by atoms with E-state index in [0.717, 1.165) is 0 Å². The molecule has 0 aliphatic carbocycles. The third-order valence-electron chi connectivity index (χ3n) is 0.671. The van der Waals surface area contributed by atoms with Crippen molar-refractivity contribution in [3.8, 4) is 12.3 Å². The molecule has 1 amide bonds. The van der Waals surface area contributed by atoms with Gasteiger partial charge in [0, 0.05) is 0 Å². The molecule has 0 spiro atoms. The van der Waals surface area contributed by atoms with E-state index in [1.807, 2.05) is 5.32 Å². The second-order valence-corrected chi connectivity index (χ2v) is 1.53. The van der Waals surface area contributed by atoms with Gasteiger partial charge in [-0.1, -0.05) is 5.92 Å². The van der Waals surface area contributed by atoms with E-state index in [4.69, 9.17) is 11.5 Å². The van der Waals surface area contributed by atoms with E-state index < -0.39 is 18.6 Å². The predicted molar refractivity (Wildman–Crippen MR) is 35.8 cm³/mol. The van der Waals surface area contributed by atoms with Crippen LogP contribution in [0.4, 0.5) is 4.79 Å². The molecule has 0 saturated heterocycles. The number of alkyl carbamates (subject to hydrolysis) is 1. The van der Waals surface area contributed by atoms with Crippen LogP contribution in [0.5, 0.6) is 0 Å². The number of hydrogen-bond donors (Lipinski definition) is 2. The minimum atomic E-state index is -1.14. The van der Waals surface area contributed by atoms with Gasteiger partial charge in [0.05, 0.1) is 0 Å². The fourth-order valence-electron chi connectivity index (χ4n) is 0.306. The van der Waals surface area contributed by atoms with E-state index >= 15 is 0 Å². The van der Waals surface area contributed by atoms with Gasteiger partial charge >= 0.3 is 12.1 Å². The highest BCUT2D eigenvalue weighted by Gasteiger charge is 2.01. The lowest BCUT2D eigenvalue weighted by Crippen LogP contribution is -2.29. The van der Waals surface area contributed by atoms with Crippen LogP contribution in [0.25, 0.3) is 0 Å². The smallest absolute Gasteiger partial charge is 0.408 e. The van der Waals surface area contributed by atoms with Gasteiger partial charge in [-0.15, -0.1) is 6.42 Å². The average molecular weight is 157 g/mol. The Bertz CT molecular complexity index is 193. The lowest BCUT2D eigenvalue weighted by molar-refractivity contribution is -0.135. The molecule has 0 atom stereocenters. The van der Waals surface area contributed by atoms with Crippen LogP contribution in [0.15, 0.2) is 0 Å². The molecule has 0 aliphatic rings. The van der Waals surface area contributed by atoms with Gasteiger partial charge in [0.1, 0.15) is 6.54 Å². The molecule has 2 N–H and O–H groups in total. The maximum absolute atomic E-state index is 10.4. The van der Waals surface area contributed by atoms with Crippen LogP contribution in [0.3, 0.4) is 0 Å². The van der Waals surface area contributed by atoms with E-state index in [9.17, 15) is 9.59 Å². The van der Waals surface area contributed by atoms with Gasteiger partial charge in [-0.25, -0.2) is 4.79 Å². The number of carboxylic acid groups (broad SMARTS) is 1. The molecule has 0 radical (unpaired) electrons. The van der Waals surface area contributed by atoms with E-state index in [2.05, 4.69) is 10.7 Å². The summed E-state index contributed by atoms with van der Waals surface area (Å²) in [6.07, 6.45) is 3.93. The van der Waals surface area contributed by atoms with E-state index in [0.29, 0.717) is 0 Å². The minimum absolute atomic E-state index is 0.161. The van der Waals surface area contributed by atoms with Crippen molar-refractivity contribution in [2.75, 3.05) is 13.2 Å². The standard InChI is InChI=1S/C6H7NO4/c1-2-3-11-6(10)7-4-5(8)9/h1H,3-4H2,(H,7,10)(H,8,9). The summed E-state index contributed by atoms with van der Waals surface area (Å²) in [6.45, 7) is -0.630. The Hall–Kier alpha value is -1.70. The number of ether oxygens (including phenoxy) is 1. The summed E-state index contributed by atoms with van der Waals surface area (Å²) in [6, 6.07) is 0. The fourth-order valence-corrected chi connectivity index (χ4v) is 0.306. The van der Waals surface area contributed by atoms with Crippen molar-refractivity contribution >= 4 is 12.1 Å². The summed E-state index contributed by atoms with van der Waals surface area (Å²) in [5, 5.41) is 10.0. The number of carboxylic acids is 1. The van der Waals surface area contributed by atoms with E-state index in [-0.39, 0.29) is 6.61 Å². The monoisotopic (exact) mass is 157 g/mol. The SMILES string of the molecule is C#CCOC(=O)NCC(=O)O. The van der Waals surface area contributed by atoms with Crippen molar-refractivity contribution in [3.63, 3.8) is 0 Å². The first kappa shape index (κ1) is 9.30. The molecule has 11 heavy (non-hydrogen) atoms. The molecule has 0 aliphatic heterocycles. The molecule has 5 heteroatoms. The molecular weight excluding hydrogens is 150 g/mol. The largest absolute Gasteiger partial charge is 0.480 e. The zero-order valence-corrected chi connectivity index (χ0v) is 5.66. The van der Waals surface area contributed by atoms with Crippen molar-refractivity contribution in [1.82, 2.24) is 5.32 Å². The van der Waals surface area contributed by atoms with Crippen LogP contribution in [0, 0.1) is 12.3 Å². The highest BCUT2D eigenvalue weighted by molar-refractivity contribution is 5.76. The second kappa shape index (κ2) is 5.11. The summed E-state index contributed by atoms with van der Waals surface area (Å²) in [7, 11) is 0. The van der Waals surface area contributed by atoms with Gasteiger partial charge in [-0.05, 0) is 0 Å². The molecule has 60 valence electrons. The minimum Gasteiger partial charge on any atom is -0.480 e. The lowest BCUT2D eigenvalue weighted by Gasteiger charge is -1.99. The third-order valence-corrected chi connectivity index (χ3v) is 0.671. The molecule has 0 unspecified atom stereocenters. The molecule has 0 aromatic rings. The summed E-state index contributed by atoms with van der Waals surface area (Å²) < 4.78 is 4.29. The Balaban J connectivity index is 3.39. The number of nitrogens with one attached hydrogen (secondary N) is 1. The number of terminal acetylenes is 1. The Kier molecular flexibility index (Phi) is 4.32. The Morgan fingerprint density at radius 3 is 2.73 bits per heavy atom. The van der Waals surface area contributed by atoms with Crippen LogP contribution in [-0.2, 0) is 9.53 Å². The Labute approximate surface area is 63.3 Å². The molecule has 0 aromatic carbocycles. The molecular formula is C6H7NO4. The van der Waals surface area contributed by atoms with Gasteiger partial charge in [-0.2, -0.15) is 0 Å². The van der Waals surface area contributed by atoms with Crippen molar-refractivity contribution < 1.29 is 19.4 Å². The zero-order chi connectivity index (χ0) is 8.69. The predicted octanol–water partition coefficient (Wildman–Crippen LogP) is -0.570. The van der Waals surface area contributed by atoms with Crippen molar-refractivity contribution in [1.29, 1.82) is 0 Å². The number of hydrogen-bond acceptors (Lipinski definition) is 3. The fraction of sp³-hybridized carbons (Fsp3) is 0.333. The van der Waals surface area contributed by atoms with E-state index in [1.54, 1.807) is 0 Å². The van der Waals surface area contributed by atoms with Crippen LogP contribution in [0.2, 0.25) is 0 Å². The maximum atomic E-state index is 10.4. The number of rotatable bonds is 3. The Morgan fingerprint density at radius 1 is 1.64 bits per heavy atom. The molecule has 5 nitrogen and oxygen atoms in total. The molecule has 0 heterocycles. The highest BCUT2D eigenvalue weighted by Crippen LogP contribution is 1.74. The third kappa shape index (κ3) is 6.18. The lowest BCUT2D eigenvalue weighted by atomic mass is 10.7. The summed E-state index contributed by atoms with van der Waals surface area (Å²) in [5.74, 6) is 0.919. The zero-order valence-electron chi connectivity index (χ0n) is 5.66. The van der Waals surface area contributed by atoms with E-state index in [1.165, 1.54) is 0 Å². The summed E-state index contributed by atoms with van der Waals surface area (Å²) in [5.41, 5.74) is 0. The number of carbonyl (C=O) groups is 2. The second-order valence-electron chi connectivity index (χ2n) is 1.53. The van der Waals surface area contributed by atoms with Crippen molar-refractivity contribution in [3.05, 3.63) is 0 Å². The van der Waals surface area contributed by atoms with Gasteiger partial charge in [0.2, 0.25) is 0 Å². The van der Waals surface area contributed by atoms with Crippen LogP contribution in [-0.4, -0.2) is 30.3 Å². The topological polar surface area (TPSA) is 75.6 Å². The number of amides is 1. The molecule has 0 aromatic heterocycles. The summed E-state index contributed by atoms with van der Waals surface area (Å²) >= 11 is 0. The first-order valence-electron chi connectivity index (χ1n) is 2.72. The molecule has 0 rings (SSSR count). The Morgan fingerprint density at radius 2 is 2.27 bits per heavy atom. The van der Waals surface area contributed by atoms with Crippen LogP contribution in [0.1, 0.15) is 0 Å². The van der Waals surface area contributed by atoms with Crippen molar-refractivity contribution in [2.24, 2.45) is 0 Å². The normalized spacial score (nSPS) is 7.91. The van der Waals surface area contributed by atoms with Gasteiger partial charge in [-0.3, -0.25) is 4.79 Å². The maximum Gasteiger partial charge on any atom is 0.408 e. The van der Waals surface area contributed by atoms with Gasteiger partial charge in [0.25, 0.3) is 0 Å². The average Bonchev–Trinajstić information content (AvgIpc) is 1.97. The first-order chi connectivity index (χ1) is 5.16. The number of aliphatic carboxylic acids is 1. The molecule has 0 bridgehead atoms. The molecule has 0 fully saturated rings.